The minimum Gasteiger partial charge on any atom is -0.420 e. The molecule has 5 nitrogen and oxygen atoms in total. The first kappa shape index (κ1) is 16.0. The highest BCUT2D eigenvalue weighted by atomic mass is 32.1. The summed E-state index contributed by atoms with van der Waals surface area (Å²) >= 11 is 1.61. The van der Waals surface area contributed by atoms with Crippen molar-refractivity contribution in [2.24, 2.45) is 0 Å². The first-order valence-electron chi connectivity index (χ1n) is 8.47. The highest BCUT2D eigenvalue weighted by molar-refractivity contribution is 7.08. The summed E-state index contributed by atoms with van der Waals surface area (Å²) in [7, 11) is 0. The van der Waals surface area contributed by atoms with Gasteiger partial charge in [-0.25, -0.2) is 0 Å². The van der Waals surface area contributed by atoms with E-state index in [1.807, 2.05) is 52.1 Å². The Hall–Kier alpha value is -2.47. The summed E-state index contributed by atoms with van der Waals surface area (Å²) in [4.78, 5) is 14.4. The van der Waals surface area contributed by atoms with Crippen molar-refractivity contribution in [3.63, 3.8) is 0 Å². The Bertz CT molecular complexity index is 821. The van der Waals surface area contributed by atoms with Gasteiger partial charge in [0.2, 0.25) is 17.7 Å². The van der Waals surface area contributed by atoms with Crippen LogP contribution in [0, 0.1) is 0 Å². The molecule has 1 amide bonds. The maximum absolute atomic E-state index is 12.4. The third kappa shape index (κ3) is 3.64. The molecule has 3 heterocycles. The number of aromatic nitrogens is 2. The van der Waals surface area contributed by atoms with Gasteiger partial charge in [-0.3, -0.25) is 4.79 Å². The Labute approximate surface area is 150 Å². The molecule has 2 aromatic heterocycles. The van der Waals surface area contributed by atoms with Gasteiger partial charge in [-0.05, 0) is 29.9 Å². The van der Waals surface area contributed by atoms with Gasteiger partial charge in [0.15, 0.2) is 0 Å². The summed E-state index contributed by atoms with van der Waals surface area (Å²) in [6.45, 7) is 1.49. The number of carbonyl (C=O) groups excluding carboxylic acids is 1. The zero-order chi connectivity index (χ0) is 17.1. The number of rotatable bonds is 4. The van der Waals surface area contributed by atoms with Crippen LogP contribution in [0.3, 0.4) is 0 Å². The zero-order valence-electron chi connectivity index (χ0n) is 13.8. The van der Waals surface area contributed by atoms with E-state index in [0.717, 1.165) is 37.1 Å². The maximum Gasteiger partial charge on any atom is 0.248 e. The van der Waals surface area contributed by atoms with Gasteiger partial charge in [0.25, 0.3) is 0 Å². The highest BCUT2D eigenvalue weighted by Crippen LogP contribution is 2.30. The summed E-state index contributed by atoms with van der Waals surface area (Å²) in [5, 5.41) is 12.4. The Balaban J connectivity index is 1.34. The van der Waals surface area contributed by atoms with E-state index < -0.39 is 0 Å². The Morgan fingerprint density at radius 1 is 1.16 bits per heavy atom. The van der Waals surface area contributed by atoms with E-state index in [2.05, 4.69) is 10.2 Å². The first-order valence-corrected chi connectivity index (χ1v) is 9.41. The maximum atomic E-state index is 12.4. The number of amides is 1. The lowest BCUT2D eigenvalue weighted by molar-refractivity contribution is -0.131. The molecule has 1 aromatic carbocycles. The van der Waals surface area contributed by atoms with Crippen LogP contribution in [0.15, 0.2) is 51.6 Å². The molecular weight excluding hydrogens is 334 g/mol. The molecule has 0 unspecified atom stereocenters. The second-order valence-corrected chi connectivity index (χ2v) is 7.05. The topological polar surface area (TPSA) is 59.2 Å². The Kier molecular flexibility index (Phi) is 4.61. The molecule has 0 aliphatic carbocycles. The molecule has 0 N–H and O–H groups in total. The van der Waals surface area contributed by atoms with E-state index in [1.165, 1.54) is 0 Å². The lowest BCUT2D eigenvalue weighted by Gasteiger charge is -2.30. The molecule has 0 atom stereocenters. The molecule has 0 saturated carbocycles. The van der Waals surface area contributed by atoms with E-state index in [1.54, 1.807) is 11.3 Å². The van der Waals surface area contributed by atoms with Crippen LogP contribution in [0.5, 0.6) is 0 Å². The average Bonchev–Trinajstić information content (AvgIpc) is 3.34. The van der Waals surface area contributed by atoms with Gasteiger partial charge >= 0.3 is 0 Å². The molecule has 25 heavy (non-hydrogen) atoms. The second kappa shape index (κ2) is 7.19. The number of benzene rings is 1. The Morgan fingerprint density at radius 2 is 1.96 bits per heavy atom. The predicted molar refractivity (Wildman–Crippen MR) is 96.3 cm³/mol. The normalized spacial score (nSPS) is 15.4. The summed E-state index contributed by atoms with van der Waals surface area (Å²) in [5.74, 6) is 1.70. The van der Waals surface area contributed by atoms with Crippen molar-refractivity contribution in [3.05, 3.63) is 58.6 Å². The van der Waals surface area contributed by atoms with Crippen molar-refractivity contribution in [2.75, 3.05) is 13.1 Å². The lowest BCUT2D eigenvalue weighted by Crippen LogP contribution is -2.38. The highest BCUT2D eigenvalue weighted by Gasteiger charge is 2.27. The minimum absolute atomic E-state index is 0.189. The van der Waals surface area contributed by atoms with Gasteiger partial charge < -0.3 is 9.32 Å². The van der Waals surface area contributed by atoms with Crippen LogP contribution < -0.4 is 0 Å². The summed E-state index contributed by atoms with van der Waals surface area (Å²) in [5.41, 5.74) is 2.03. The number of likely N-dealkylation sites (tertiary alicyclic amines) is 1. The van der Waals surface area contributed by atoms with Crippen LogP contribution in [-0.4, -0.2) is 34.1 Å². The molecule has 128 valence electrons. The van der Waals surface area contributed by atoms with Crippen LogP contribution in [0.1, 0.15) is 30.2 Å². The molecule has 4 rings (SSSR count). The Morgan fingerprint density at radius 3 is 2.68 bits per heavy atom. The number of hydrogen-bond acceptors (Lipinski definition) is 5. The van der Waals surface area contributed by atoms with Crippen molar-refractivity contribution in [3.8, 4) is 11.5 Å². The lowest BCUT2D eigenvalue weighted by atomic mass is 9.96. The van der Waals surface area contributed by atoms with Gasteiger partial charge in [0.1, 0.15) is 0 Å². The molecule has 1 aliphatic rings. The van der Waals surface area contributed by atoms with Crippen LogP contribution in [0.4, 0.5) is 0 Å². The van der Waals surface area contributed by atoms with E-state index in [9.17, 15) is 4.79 Å². The molecule has 3 aromatic rings. The molecule has 1 fully saturated rings. The third-order valence-corrected chi connectivity index (χ3v) is 5.29. The fourth-order valence-electron chi connectivity index (χ4n) is 3.16. The molecule has 0 bridgehead atoms. The number of thiophene rings is 1. The van der Waals surface area contributed by atoms with E-state index in [0.29, 0.717) is 18.2 Å². The number of piperidine rings is 1. The summed E-state index contributed by atoms with van der Waals surface area (Å²) in [6.07, 6.45) is 2.20. The van der Waals surface area contributed by atoms with Crippen LogP contribution in [0.25, 0.3) is 11.5 Å². The molecule has 0 radical (unpaired) electrons. The molecule has 1 aliphatic heterocycles. The van der Waals surface area contributed by atoms with Crippen molar-refractivity contribution < 1.29 is 9.21 Å². The standard InChI is InChI=1S/C19H19N3O2S/c23-17(12-14-4-2-1-3-5-14)22-9-6-15(7-10-22)18-20-21-19(24-18)16-8-11-25-13-16/h1-5,8,11,13,15H,6-7,9-10,12H2. The van der Waals surface area contributed by atoms with Crippen LogP contribution >= 0.6 is 11.3 Å². The molecule has 6 heteroatoms. The smallest absolute Gasteiger partial charge is 0.248 e. The van der Waals surface area contributed by atoms with Gasteiger partial charge in [-0.15, -0.1) is 10.2 Å². The molecule has 1 saturated heterocycles. The predicted octanol–water partition coefficient (Wildman–Crippen LogP) is 3.75. The quantitative estimate of drug-likeness (QED) is 0.717. The number of nitrogens with zero attached hydrogens (tertiary/aromatic N) is 3. The zero-order valence-corrected chi connectivity index (χ0v) is 14.6. The second-order valence-electron chi connectivity index (χ2n) is 6.27. The van der Waals surface area contributed by atoms with E-state index >= 15 is 0 Å². The monoisotopic (exact) mass is 353 g/mol. The average molecular weight is 353 g/mol. The SMILES string of the molecule is O=C(Cc1ccccc1)N1CCC(c2nnc(-c3ccsc3)o2)CC1. The molecular formula is C19H19N3O2S. The summed E-state index contributed by atoms with van der Waals surface area (Å²) < 4.78 is 5.84. The van der Waals surface area contributed by atoms with Gasteiger partial charge in [-0.1, -0.05) is 30.3 Å². The van der Waals surface area contributed by atoms with Gasteiger partial charge in [0.05, 0.1) is 6.42 Å². The fraction of sp³-hybridized carbons (Fsp3) is 0.316. The minimum atomic E-state index is 0.189. The molecule has 0 spiro atoms. The van der Waals surface area contributed by atoms with Gasteiger partial charge in [0, 0.05) is 30.0 Å². The van der Waals surface area contributed by atoms with Crippen LogP contribution in [0.2, 0.25) is 0 Å². The van der Waals surface area contributed by atoms with Crippen molar-refractivity contribution in [2.45, 2.75) is 25.2 Å². The summed E-state index contributed by atoms with van der Waals surface area (Å²) in [6, 6.07) is 11.9. The van der Waals surface area contributed by atoms with E-state index in [4.69, 9.17) is 4.42 Å². The largest absolute Gasteiger partial charge is 0.420 e. The van der Waals surface area contributed by atoms with Crippen molar-refractivity contribution in [1.82, 2.24) is 15.1 Å². The van der Waals surface area contributed by atoms with Crippen molar-refractivity contribution >= 4 is 17.2 Å². The van der Waals surface area contributed by atoms with Gasteiger partial charge in [-0.2, -0.15) is 11.3 Å². The number of carbonyl (C=O) groups is 1. The van der Waals surface area contributed by atoms with Crippen LogP contribution in [-0.2, 0) is 11.2 Å². The van der Waals surface area contributed by atoms with Crippen molar-refractivity contribution in [1.29, 1.82) is 0 Å². The third-order valence-electron chi connectivity index (χ3n) is 4.60. The van der Waals surface area contributed by atoms with E-state index in [-0.39, 0.29) is 11.8 Å². The number of hydrogen-bond donors (Lipinski definition) is 0. The first-order chi connectivity index (χ1) is 12.3. The fourth-order valence-corrected chi connectivity index (χ4v) is 3.79.